The molecule has 0 N–H and O–H groups in total. The fraction of sp³-hybridized carbons (Fsp3) is 0. The summed E-state index contributed by atoms with van der Waals surface area (Å²) in [5, 5.41) is 2.21. The van der Waals surface area contributed by atoms with Crippen LogP contribution in [0.25, 0.3) is 0 Å². The molecule has 0 heterocycles. The van der Waals surface area contributed by atoms with Gasteiger partial charge in [0.25, 0.3) is 0 Å². The molecule has 0 saturated heterocycles. The van der Waals surface area contributed by atoms with E-state index in [0.717, 1.165) is 0 Å². The van der Waals surface area contributed by atoms with E-state index in [-0.39, 0.29) is 0 Å². The predicted molar refractivity (Wildman–Crippen MR) is 362 cm³/mol. The molecule has 0 aromatic heterocycles. The molecule has 0 aliphatic carbocycles. The summed E-state index contributed by atoms with van der Waals surface area (Å²) in [5.41, 5.74) is 244. The minimum absolute atomic E-state index is 2.21. The summed E-state index contributed by atoms with van der Waals surface area (Å²) in [6.45, 7) is 3.32. The van der Waals surface area contributed by atoms with Crippen molar-refractivity contribution in [3.05, 3.63) is 568 Å². The van der Waals surface area contributed by atoms with Gasteiger partial charge in [-0.3, -0.25) is 0 Å². The van der Waals surface area contributed by atoms with E-state index in [2.05, 4.69) is 585 Å². The smallest absolute Gasteiger partial charge is 0.0148 e. The molecule has 0 aromatic carbocycles. The largest absolute Gasteiger partial charge is 0.0687 e. The van der Waals surface area contributed by atoms with Gasteiger partial charge in [-0.15, -0.1) is 0 Å². The second-order valence-electron chi connectivity index (χ2n) is 12.4. The van der Waals surface area contributed by atoms with Gasteiger partial charge in [0.15, 0.2) is 0 Å². The Labute approximate surface area is 581 Å². The third-order valence-electron chi connectivity index (χ3n) is 6.14. The summed E-state index contributed by atoms with van der Waals surface area (Å²) >= 11 is 4.41. The monoisotopic (exact) mass is 1230 g/mol. The molecule has 0 aliphatic rings. The normalized spacial score (nSPS) is 3.96. The quantitative estimate of drug-likeness (QED) is 0.172. The van der Waals surface area contributed by atoms with Crippen LogP contribution in [0.1, 0.15) is 0 Å². The molecule has 0 rings (SSSR count). The van der Waals surface area contributed by atoms with Crippen LogP contribution in [-0.4, -0.2) is 5.02 Å². The average Bonchev–Trinajstić information content (AvgIpc) is 3.68. The van der Waals surface area contributed by atoms with Crippen molar-refractivity contribution in [3.63, 3.8) is 0 Å². The zero-order valence-corrected chi connectivity index (χ0v) is 51.4. The van der Waals surface area contributed by atoms with Crippen LogP contribution in [0, 0.1) is 0 Å². The van der Waals surface area contributed by atoms with E-state index in [1.54, 1.807) is 0 Å². The first kappa shape index (κ1) is 79.3. The van der Waals surface area contributed by atoms with Crippen molar-refractivity contribution in [2.45, 2.75) is 0 Å². The fourth-order valence-corrected chi connectivity index (χ4v) is 3.09. The molecule has 101 heavy (non-hydrogen) atoms. The van der Waals surface area contributed by atoms with Crippen molar-refractivity contribution in [1.82, 2.24) is 0 Å². The lowest BCUT2D eigenvalue weighted by Crippen LogP contribution is -1.26. The molecule has 408 valence electrons. The first-order valence-electron chi connectivity index (χ1n) is 25.1. The molecule has 1 heteroatoms. The molecule has 0 aliphatic heterocycles. The highest BCUT2D eigenvalue weighted by molar-refractivity contribution is 7.78. The minimum atomic E-state index is 2.21. The van der Waals surface area contributed by atoms with Crippen LogP contribution in [0.4, 0.5) is 0 Å². The van der Waals surface area contributed by atoms with Crippen LogP contribution >= 0.6 is 12.2 Å². The van der Waals surface area contributed by atoms with Crippen molar-refractivity contribution in [2.75, 3.05) is 0 Å². The lowest BCUT2D eigenvalue weighted by atomic mass is 10.6. The van der Waals surface area contributed by atoms with Gasteiger partial charge >= 0.3 is 0 Å². The molecule has 0 unspecified atom stereocenters. The van der Waals surface area contributed by atoms with Gasteiger partial charge < -0.3 is 0 Å². The van der Waals surface area contributed by atoms with Crippen molar-refractivity contribution in [1.29, 1.82) is 0 Å². The predicted octanol–water partition coefficient (Wildman–Crippen LogP) is 16.0. The minimum Gasteiger partial charge on any atom is -0.0687 e. The van der Waals surface area contributed by atoms with E-state index in [1.807, 2.05) is 0 Å². The Kier molecular flexibility index (Phi) is 61.5. The zero-order chi connectivity index (χ0) is 72.0. The lowest BCUT2D eigenvalue weighted by Gasteiger charge is -1.41. The molecular weight excluding hydrogens is 1230 g/mol. The Balaban J connectivity index is 6.18. The zero-order valence-electron chi connectivity index (χ0n) is 50.6. The Morgan fingerprint density at radius 3 is 0.178 bits per heavy atom. The molecule has 0 fully saturated rings. The van der Waals surface area contributed by atoms with E-state index in [0.29, 0.717) is 0 Å². The van der Waals surface area contributed by atoms with Gasteiger partial charge in [-0.05, 0) is 64.6 Å². The number of hydrogen-bond acceptors (Lipinski definition) is 1. The SMILES string of the molecule is C=C=C=C=C=C=C=C=C=C=C=C=C=C=C=C=C=C=C=C=C=C=C=C=C=C=C=C=C=C=C=C=C=C=C=C=C=C=C=C=C=C=C=C=C=C=C=C=C=C=C=C=C=C=C=C=C=C=C=C=C=C=C=C=C=C=C=C=C=C=C=C=C=C=C=C=C=C=C=C=C=C=C=C=C=C=C=C=C=C=C=C=C=C=C=C=C=C=C=C=S. The van der Waals surface area contributed by atoms with E-state index in [1.165, 1.54) is 0 Å². The number of hydrogen-bond donors (Lipinski definition) is 0. The first-order chi connectivity index (χ1) is 50.4. The second-order valence-corrected chi connectivity index (χ2v) is 12.6. The molecule has 0 amide bonds. The summed E-state index contributed by atoms with van der Waals surface area (Å²) in [5.74, 6) is 0. The topological polar surface area (TPSA) is 0 Å². The Hall–Kier alpha value is -21.7. The van der Waals surface area contributed by atoms with Crippen LogP contribution in [-0.2, 0) is 0 Å². The van der Waals surface area contributed by atoms with Gasteiger partial charge in [-0.2, -0.15) is 0 Å². The van der Waals surface area contributed by atoms with Gasteiger partial charge in [-0.25, -0.2) is 0 Å². The van der Waals surface area contributed by atoms with Gasteiger partial charge in [0.05, 0.1) is 0 Å². The average molecular weight is 1240 g/mol. The van der Waals surface area contributed by atoms with E-state index < -0.39 is 0 Å². The first-order valence-corrected chi connectivity index (χ1v) is 25.5. The van der Waals surface area contributed by atoms with E-state index in [9.17, 15) is 0 Å². The van der Waals surface area contributed by atoms with Crippen LogP contribution in [0.3, 0.4) is 0 Å². The third-order valence-corrected chi connectivity index (χ3v) is 6.24. The highest BCUT2D eigenvalue weighted by Gasteiger charge is 1.51. The lowest BCUT2D eigenvalue weighted by molar-refractivity contribution is 2.10. The molecule has 0 saturated carbocycles. The Bertz CT molecular complexity index is 7610. The molecule has 0 radical (unpaired) electrons. The number of thiocarbonyl (C=S) groups is 1. The van der Waals surface area contributed by atoms with Crippen LogP contribution < -0.4 is 0 Å². The second kappa shape index (κ2) is 78.3. The Morgan fingerprint density at radius 2 is 0.129 bits per heavy atom. The van der Waals surface area contributed by atoms with E-state index >= 15 is 0 Å². The molecule has 0 atom stereocenters. The number of rotatable bonds is 0. The van der Waals surface area contributed by atoms with Crippen molar-refractivity contribution < 1.29 is 0 Å². The van der Waals surface area contributed by atoms with Crippen LogP contribution in [0.5, 0.6) is 0 Å². The van der Waals surface area contributed by atoms with Gasteiger partial charge in [0, 0.05) is 515 Å². The Morgan fingerprint density at radius 1 is 0.0792 bits per heavy atom. The maximum absolute atomic E-state index is 4.41. The summed E-state index contributed by atoms with van der Waals surface area (Å²) in [7, 11) is 0. The standard InChI is InChI=1S/C100H2S/c1-2-3-4-5-6-7-8-9-10-11-12-13-14-15-16-17-18-19-20-21-22-23-24-25-26-27-28-29-30-31-32-33-34-35-36-37-38-39-40-41-42-43-44-45-46-47-48-49-50-51-52-53-54-55-56-57-58-59-60-61-62-63-64-65-66-67-68-69-70-71-72-73-74-75-76-77-78-79-80-81-82-83-84-85-86-87-88-89-90-91-92-93-94-95-96-97-98-99-100-101/h1H2. The molecule has 0 bridgehead atoms. The van der Waals surface area contributed by atoms with E-state index in [4.69, 9.17) is 0 Å². The molecule has 0 nitrogen and oxygen atoms in total. The summed E-state index contributed by atoms with van der Waals surface area (Å²) < 4.78 is 0. The van der Waals surface area contributed by atoms with Crippen molar-refractivity contribution >= 4 is 17.2 Å². The fourth-order valence-electron chi connectivity index (χ4n) is 3.04. The summed E-state index contributed by atoms with van der Waals surface area (Å²) in [4.78, 5) is 0. The van der Waals surface area contributed by atoms with Crippen molar-refractivity contribution in [2.24, 2.45) is 0 Å². The summed E-state index contributed by atoms with van der Waals surface area (Å²) in [6.07, 6.45) is 0. The summed E-state index contributed by atoms with van der Waals surface area (Å²) in [6, 6.07) is 0. The van der Waals surface area contributed by atoms with Gasteiger partial charge in [0.2, 0.25) is 0 Å². The maximum atomic E-state index is 4.41. The van der Waals surface area contributed by atoms with Crippen LogP contribution in [0.15, 0.2) is 568 Å². The van der Waals surface area contributed by atoms with Crippen molar-refractivity contribution in [3.8, 4) is 0 Å². The highest BCUT2D eigenvalue weighted by atomic mass is 32.1. The third kappa shape index (κ3) is 78.3. The highest BCUT2D eigenvalue weighted by Crippen LogP contribution is 1.66. The van der Waals surface area contributed by atoms with Gasteiger partial charge in [-0.1, -0.05) is 5.73 Å². The van der Waals surface area contributed by atoms with Gasteiger partial charge in [0.1, 0.15) is 0 Å². The molecular formula is C100H2S. The maximum Gasteiger partial charge on any atom is 0.0148 e. The van der Waals surface area contributed by atoms with Crippen LogP contribution in [0.2, 0.25) is 0 Å². The molecule has 0 aromatic rings. The molecule has 0 spiro atoms.